The zero-order chi connectivity index (χ0) is 13.4. The van der Waals surface area contributed by atoms with Gasteiger partial charge in [-0.1, -0.05) is 0 Å². The molecule has 0 aliphatic heterocycles. The highest BCUT2D eigenvalue weighted by Crippen LogP contribution is 2.11. The van der Waals surface area contributed by atoms with Gasteiger partial charge in [-0.15, -0.1) is 0 Å². The predicted octanol–water partition coefficient (Wildman–Crippen LogP) is 1.04. The minimum Gasteiger partial charge on any atom is -0.469 e. The molecule has 1 N–H and O–H groups in total. The predicted molar refractivity (Wildman–Crippen MR) is 68.5 cm³/mol. The summed E-state index contributed by atoms with van der Waals surface area (Å²) in [5, 5.41) is 9.79. The van der Waals surface area contributed by atoms with Crippen LogP contribution in [0.25, 0.3) is 0 Å². The number of aliphatic hydroxyl groups is 1. The molecule has 0 radical (unpaired) electrons. The summed E-state index contributed by atoms with van der Waals surface area (Å²) in [5.74, 6) is 0.924. The average Bonchev–Trinajstić information content (AvgIpc) is 2.70. The fraction of sp³-hybridized carbons (Fsp3) is 0.692. The molecule has 0 aliphatic rings. The summed E-state index contributed by atoms with van der Waals surface area (Å²) in [6.07, 6.45) is 1.20. The fourth-order valence-electron chi connectivity index (χ4n) is 1.70. The Morgan fingerprint density at radius 3 is 2.83 bits per heavy atom. The molecule has 0 fully saturated rings. The van der Waals surface area contributed by atoms with Crippen molar-refractivity contribution in [1.82, 2.24) is 4.90 Å². The van der Waals surface area contributed by atoms with E-state index in [1.165, 1.54) is 0 Å². The van der Waals surface area contributed by atoms with E-state index >= 15 is 0 Å². The molecule has 0 bridgehead atoms. The largest absolute Gasteiger partial charge is 0.469 e. The number of hydrogen-bond donors (Lipinski definition) is 1. The van der Waals surface area contributed by atoms with Gasteiger partial charge in [0.25, 0.3) is 0 Å². The number of nitrogens with zero attached hydrogens (tertiary/aromatic N) is 1. The summed E-state index contributed by atoms with van der Waals surface area (Å²) < 4.78 is 15.4. The minimum absolute atomic E-state index is 0.331. The lowest BCUT2D eigenvalue weighted by Gasteiger charge is -2.20. The van der Waals surface area contributed by atoms with Crippen molar-refractivity contribution in [3.8, 4) is 0 Å². The topological polar surface area (TPSA) is 55.1 Å². The standard InChI is InChI=1S/C13H23NO4/c1-11-12(4-5-18-11)8-14(2)9-13(15)10-17-7-6-16-3/h4-5,13,15H,6-10H2,1-3H3. The van der Waals surface area contributed by atoms with Gasteiger partial charge in [-0.05, 0) is 20.0 Å². The van der Waals surface area contributed by atoms with Gasteiger partial charge in [-0.25, -0.2) is 0 Å². The lowest BCUT2D eigenvalue weighted by atomic mass is 10.2. The van der Waals surface area contributed by atoms with E-state index in [0.29, 0.717) is 26.4 Å². The summed E-state index contributed by atoms with van der Waals surface area (Å²) in [7, 11) is 3.59. The van der Waals surface area contributed by atoms with Crippen molar-refractivity contribution < 1.29 is 19.0 Å². The lowest BCUT2D eigenvalue weighted by Crippen LogP contribution is -2.32. The summed E-state index contributed by atoms with van der Waals surface area (Å²) in [4.78, 5) is 2.04. The van der Waals surface area contributed by atoms with Crippen LogP contribution in [0.2, 0.25) is 0 Å². The molecular formula is C13H23NO4. The average molecular weight is 257 g/mol. The van der Waals surface area contributed by atoms with Crippen LogP contribution in [0.15, 0.2) is 16.7 Å². The zero-order valence-corrected chi connectivity index (χ0v) is 11.4. The molecule has 1 rings (SSSR count). The Hall–Kier alpha value is -0.880. The fourth-order valence-corrected chi connectivity index (χ4v) is 1.70. The van der Waals surface area contributed by atoms with Crippen LogP contribution in [-0.4, -0.2) is 56.6 Å². The van der Waals surface area contributed by atoms with Crippen molar-refractivity contribution in [2.24, 2.45) is 0 Å². The second kappa shape index (κ2) is 8.26. The first-order chi connectivity index (χ1) is 8.63. The van der Waals surface area contributed by atoms with Crippen molar-refractivity contribution in [3.05, 3.63) is 23.7 Å². The number of likely N-dealkylation sites (N-methyl/N-ethyl adjacent to an activating group) is 1. The second-order valence-corrected chi connectivity index (χ2v) is 4.42. The Morgan fingerprint density at radius 1 is 1.44 bits per heavy atom. The van der Waals surface area contributed by atoms with Gasteiger partial charge < -0.3 is 19.0 Å². The normalized spacial score (nSPS) is 13.2. The first kappa shape index (κ1) is 15.2. The first-order valence-electron chi connectivity index (χ1n) is 6.09. The molecule has 1 aromatic rings. The van der Waals surface area contributed by atoms with Crippen molar-refractivity contribution >= 4 is 0 Å². The van der Waals surface area contributed by atoms with Gasteiger partial charge in [-0.3, -0.25) is 4.90 Å². The smallest absolute Gasteiger partial charge is 0.105 e. The number of aryl methyl sites for hydroxylation is 1. The van der Waals surface area contributed by atoms with Gasteiger partial charge in [-0.2, -0.15) is 0 Å². The number of furan rings is 1. The first-order valence-corrected chi connectivity index (χ1v) is 6.09. The number of rotatable bonds is 9. The summed E-state index contributed by atoms with van der Waals surface area (Å²) >= 11 is 0. The molecule has 5 nitrogen and oxygen atoms in total. The van der Waals surface area contributed by atoms with E-state index in [1.807, 2.05) is 24.9 Å². The Morgan fingerprint density at radius 2 is 2.22 bits per heavy atom. The van der Waals surface area contributed by atoms with E-state index in [9.17, 15) is 5.11 Å². The minimum atomic E-state index is -0.487. The molecule has 5 heteroatoms. The van der Waals surface area contributed by atoms with Crippen molar-refractivity contribution in [1.29, 1.82) is 0 Å². The van der Waals surface area contributed by atoms with Gasteiger partial charge in [0.15, 0.2) is 0 Å². The lowest BCUT2D eigenvalue weighted by molar-refractivity contribution is 0.00157. The SMILES string of the molecule is COCCOCC(O)CN(C)Cc1ccoc1C. The van der Waals surface area contributed by atoms with Gasteiger partial charge in [0, 0.05) is 25.8 Å². The molecule has 1 unspecified atom stereocenters. The molecule has 104 valence electrons. The van der Waals surface area contributed by atoms with Crippen LogP contribution < -0.4 is 0 Å². The molecule has 0 aromatic carbocycles. The van der Waals surface area contributed by atoms with Crippen molar-refractivity contribution in [2.75, 3.05) is 40.5 Å². The summed E-state index contributed by atoms with van der Waals surface area (Å²) in [6, 6.07) is 1.95. The maximum atomic E-state index is 9.79. The van der Waals surface area contributed by atoms with Crippen LogP contribution in [0.4, 0.5) is 0 Å². The molecule has 1 atom stereocenters. The highest BCUT2D eigenvalue weighted by Gasteiger charge is 2.10. The maximum Gasteiger partial charge on any atom is 0.105 e. The van der Waals surface area contributed by atoms with Gasteiger partial charge in [0.2, 0.25) is 0 Å². The molecule has 0 saturated heterocycles. The van der Waals surface area contributed by atoms with E-state index in [4.69, 9.17) is 13.9 Å². The van der Waals surface area contributed by atoms with E-state index in [2.05, 4.69) is 0 Å². The number of ether oxygens (including phenoxy) is 2. The molecule has 0 aliphatic carbocycles. The maximum absolute atomic E-state index is 9.79. The Kier molecular flexibility index (Phi) is 6.97. The third-order valence-corrected chi connectivity index (χ3v) is 2.67. The molecule has 1 aromatic heterocycles. The van der Waals surface area contributed by atoms with Gasteiger partial charge in [0.05, 0.1) is 32.2 Å². The van der Waals surface area contributed by atoms with Crippen molar-refractivity contribution in [3.63, 3.8) is 0 Å². The van der Waals surface area contributed by atoms with Crippen LogP contribution in [0.1, 0.15) is 11.3 Å². The van der Waals surface area contributed by atoms with Crippen LogP contribution in [0.5, 0.6) is 0 Å². The number of hydrogen-bond acceptors (Lipinski definition) is 5. The second-order valence-electron chi connectivity index (χ2n) is 4.42. The Balaban J connectivity index is 2.19. The van der Waals surface area contributed by atoms with E-state index in [1.54, 1.807) is 13.4 Å². The molecule has 0 amide bonds. The van der Waals surface area contributed by atoms with E-state index in [-0.39, 0.29) is 0 Å². The number of aliphatic hydroxyl groups excluding tert-OH is 1. The van der Waals surface area contributed by atoms with Gasteiger partial charge >= 0.3 is 0 Å². The third kappa shape index (κ3) is 5.64. The molecule has 0 saturated carbocycles. The molecular weight excluding hydrogens is 234 g/mol. The Labute approximate surface area is 108 Å². The van der Waals surface area contributed by atoms with Crippen molar-refractivity contribution in [2.45, 2.75) is 19.6 Å². The van der Waals surface area contributed by atoms with Crippen LogP contribution >= 0.6 is 0 Å². The quantitative estimate of drug-likeness (QED) is 0.670. The zero-order valence-electron chi connectivity index (χ0n) is 11.4. The monoisotopic (exact) mass is 257 g/mol. The summed E-state index contributed by atoms with van der Waals surface area (Å²) in [5.41, 5.74) is 1.14. The highest BCUT2D eigenvalue weighted by atomic mass is 16.5. The molecule has 18 heavy (non-hydrogen) atoms. The van der Waals surface area contributed by atoms with E-state index in [0.717, 1.165) is 17.9 Å². The summed E-state index contributed by atoms with van der Waals surface area (Å²) in [6.45, 7) is 4.66. The van der Waals surface area contributed by atoms with Crippen LogP contribution in [0.3, 0.4) is 0 Å². The van der Waals surface area contributed by atoms with E-state index < -0.39 is 6.10 Å². The third-order valence-electron chi connectivity index (χ3n) is 2.67. The number of methoxy groups -OCH3 is 1. The van der Waals surface area contributed by atoms with Crippen LogP contribution in [0, 0.1) is 6.92 Å². The molecule has 0 spiro atoms. The van der Waals surface area contributed by atoms with Crippen LogP contribution in [-0.2, 0) is 16.0 Å². The molecule has 1 heterocycles. The Bertz CT molecular complexity index is 327. The highest BCUT2D eigenvalue weighted by molar-refractivity contribution is 5.14. The van der Waals surface area contributed by atoms with Gasteiger partial charge in [0.1, 0.15) is 5.76 Å².